The zero-order valence-corrected chi connectivity index (χ0v) is 13.0. The summed E-state index contributed by atoms with van der Waals surface area (Å²) in [6, 6.07) is 12.6. The molecule has 0 atom stereocenters. The summed E-state index contributed by atoms with van der Waals surface area (Å²) in [6.45, 7) is 5.37. The highest BCUT2D eigenvalue weighted by Crippen LogP contribution is 2.20. The first-order chi connectivity index (χ1) is 10.5. The Morgan fingerprint density at radius 3 is 2.55 bits per heavy atom. The van der Waals surface area contributed by atoms with Gasteiger partial charge in [-0.25, -0.2) is 0 Å². The molecule has 0 aliphatic heterocycles. The van der Waals surface area contributed by atoms with Crippen molar-refractivity contribution < 1.29 is 14.3 Å². The standard InChI is InChI=1S/C18H19NO3/c1-12-6-4-9-17(13(12)2)22-11-18(21)19-16-8-5-7-15(10-16)14(3)20/h4-10H,11H2,1-3H3,(H,19,21). The van der Waals surface area contributed by atoms with Crippen molar-refractivity contribution in [3.05, 3.63) is 59.2 Å². The first kappa shape index (κ1) is 15.8. The summed E-state index contributed by atoms with van der Waals surface area (Å²) in [5.41, 5.74) is 3.29. The molecule has 0 heterocycles. The summed E-state index contributed by atoms with van der Waals surface area (Å²) in [5.74, 6) is 0.400. The lowest BCUT2D eigenvalue weighted by Gasteiger charge is -2.11. The van der Waals surface area contributed by atoms with Gasteiger partial charge in [-0.15, -0.1) is 0 Å². The molecule has 0 saturated heterocycles. The van der Waals surface area contributed by atoms with E-state index < -0.39 is 0 Å². The lowest BCUT2D eigenvalue weighted by molar-refractivity contribution is -0.118. The summed E-state index contributed by atoms with van der Waals surface area (Å²) < 4.78 is 5.55. The quantitative estimate of drug-likeness (QED) is 0.859. The summed E-state index contributed by atoms with van der Waals surface area (Å²) >= 11 is 0. The molecule has 22 heavy (non-hydrogen) atoms. The summed E-state index contributed by atoms with van der Waals surface area (Å²) in [7, 11) is 0. The van der Waals surface area contributed by atoms with Gasteiger partial charge in [-0.1, -0.05) is 24.3 Å². The zero-order chi connectivity index (χ0) is 16.1. The van der Waals surface area contributed by atoms with Crippen molar-refractivity contribution in [2.75, 3.05) is 11.9 Å². The number of hydrogen-bond donors (Lipinski definition) is 1. The van der Waals surface area contributed by atoms with Gasteiger partial charge in [-0.05, 0) is 50.1 Å². The van der Waals surface area contributed by atoms with Gasteiger partial charge in [0.2, 0.25) is 0 Å². The van der Waals surface area contributed by atoms with Crippen molar-refractivity contribution in [2.45, 2.75) is 20.8 Å². The smallest absolute Gasteiger partial charge is 0.262 e. The fourth-order valence-electron chi connectivity index (χ4n) is 2.04. The Morgan fingerprint density at radius 1 is 1.09 bits per heavy atom. The lowest BCUT2D eigenvalue weighted by Crippen LogP contribution is -2.20. The van der Waals surface area contributed by atoms with Gasteiger partial charge in [0.05, 0.1) is 0 Å². The SMILES string of the molecule is CC(=O)c1cccc(NC(=O)COc2cccc(C)c2C)c1. The number of amides is 1. The van der Waals surface area contributed by atoms with E-state index in [-0.39, 0.29) is 18.3 Å². The molecule has 1 amide bonds. The maximum Gasteiger partial charge on any atom is 0.262 e. The summed E-state index contributed by atoms with van der Waals surface area (Å²) in [6.07, 6.45) is 0. The maximum absolute atomic E-state index is 11.9. The Morgan fingerprint density at radius 2 is 1.82 bits per heavy atom. The molecule has 0 saturated carbocycles. The molecule has 0 bridgehead atoms. The Bertz CT molecular complexity index is 707. The second-order valence-corrected chi connectivity index (χ2v) is 5.17. The Balaban J connectivity index is 1.97. The lowest BCUT2D eigenvalue weighted by atomic mass is 10.1. The van der Waals surface area contributed by atoms with E-state index in [0.717, 1.165) is 11.1 Å². The fraction of sp³-hybridized carbons (Fsp3) is 0.222. The van der Waals surface area contributed by atoms with Crippen molar-refractivity contribution >= 4 is 17.4 Å². The number of aryl methyl sites for hydroxylation is 1. The number of ether oxygens (including phenoxy) is 1. The number of hydrogen-bond acceptors (Lipinski definition) is 3. The minimum absolute atomic E-state index is 0.0391. The molecule has 4 nitrogen and oxygen atoms in total. The van der Waals surface area contributed by atoms with Gasteiger partial charge in [-0.3, -0.25) is 9.59 Å². The van der Waals surface area contributed by atoms with E-state index in [1.54, 1.807) is 24.3 Å². The van der Waals surface area contributed by atoms with Crippen LogP contribution < -0.4 is 10.1 Å². The molecule has 0 aliphatic rings. The molecule has 0 aliphatic carbocycles. The maximum atomic E-state index is 11.9. The molecule has 2 aromatic rings. The second-order valence-electron chi connectivity index (χ2n) is 5.17. The first-order valence-electron chi connectivity index (χ1n) is 7.07. The topological polar surface area (TPSA) is 55.4 Å². The number of rotatable bonds is 5. The van der Waals surface area contributed by atoms with Crippen molar-refractivity contribution in [1.29, 1.82) is 0 Å². The van der Waals surface area contributed by atoms with Crippen molar-refractivity contribution in [3.63, 3.8) is 0 Å². The van der Waals surface area contributed by atoms with Gasteiger partial charge in [0.25, 0.3) is 5.91 Å². The van der Waals surface area contributed by atoms with Crippen molar-refractivity contribution in [1.82, 2.24) is 0 Å². The largest absolute Gasteiger partial charge is 0.483 e. The van der Waals surface area contributed by atoms with E-state index in [4.69, 9.17) is 4.74 Å². The van der Waals surface area contributed by atoms with Crippen LogP contribution in [0.1, 0.15) is 28.4 Å². The van der Waals surface area contributed by atoms with Crippen molar-refractivity contribution in [3.8, 4) is 5.75 Å². The number of benzene rings is 2. The fourth-order valence-corrected chi connectivity index (χ4v) is 2.04. The zero-order valence-electron chi connectivity index (χ0n) is 13.0. The van der Waals surface area contributed by atoms with Gasteiger partial charge in [-0.2, -0.15) is 0 Å². The number of ketones is 1. The molecular weight excluding hydrogens is 278 g/mol. The Labute approximate surface area is 130 Å². The molecule has 0 aromatic heterocycles. The number of anilines is 1. The van der Waals surface area contributed by atoms with E-state index in [2.05, 4.69) is 5.32 Å². The molecule has 0 spiro atoms. The van der Waals surface area contributed by atoms with Crippen LogP contribution in [0, 0.1) is 13.8 Å². The van der Waals surface area contributed by atoms with Crippen LogP contribution in [-0.2, 0) is 4.79 Å². The highest BCUT2D eigenvalue weighted by atomic mass is 16.5. The van der Waals surface area contributed by atoms with Gasteiger partial charge in [0.15, 0.2) is 12.4 Å². The third kappa shape index (κ3) is 3.95. The molecule has 114 valence electrons. The Hall–Kier alpha value is -2.62. The van der Waals surface area contributed by atoms with Crippen LogP contribution in [-0.4, -0.2) is 18.3 Å². The van der Waals surface area contributed by atoms with E-state index in [1.165, 1.54) is 6.92 Å². The third-order valence-electron chi connectivity index (χ3n) is 3.47. The molecular formula is C18H19NO3. The van der Waals surface area contributed by atoms with Crippen LogP contribution in [0.2, 0.25) is 0 Å². The van der Waals surface area contributed by atoms with Crippen LogP contribution in [0.3, 0.4) is 0 Å². The van der Waals surface area contributed by atoms with Gasteiger partial charge in [0, 0.05) is 11.3 Å². The molecule has 0 radical (unpaired) electrons. The van der Waals surface area contributed by atoms with Gasteiger partial charge in [0.1, 0.15) is 5.75 Å². The van der Waals surface area contributed by atoms with E-state index in [1.807, 2.05) is 32.0 Å². The van der Waals surface area contributed by atoms with Crippen molar-refractivity contribution in [2.24, 2.45) is 0 Å². The third-order valence-corrected chi connectivity index (χ3v) is 3.47. The summed E-state index contributed by atoms with van der Waals surface area (Å²) in [4.78, 5) is 23.3. The van der Waals surface area contributed by atoms with Crippen LogP contribution in [0.4, 0.5) is 5.69 Å². The average molecular weight is 297 g/mol. The number of nitrogens with one attached hydrogen (secondary N) is 1. The highest BCUT2D eigenvalue weighted by Gasteiger charge is 2.07. The minimum atomic E-state index is -0.262. The Kier molecular flexibility index (Phi) is 4.94. The number of carbonyl (C=O) groups excluding carboxylic acids is 2. The number of carbonyl (C=O) groups is 2. The second kappa shape index (κ2) is 6.89. The molecule has 2 aromatic carbocycles. The summed E-state index contributed by atoms with van der Waals surface area (Å²) in [5, 5.41) is 2.73. The minimum Gasteiger partial charge on any atom is -0.483 e. The van der Waals surface area contributed by atoms with Crippen LogP contribution in [0.15, 0.2) is 42.5 Å². The molecule has 1 N–H and O–H groups in total. The van der Waals surface area contributed by atoms with Crippen LogP contribution in [0.5, 0.6) is 5.75 Å². The highest BCUT2D eigenvalue weighted by molar-refractivity contribution is 5.97. The molecule has 0 unspecified atom stereocenters. The monoisotopic (exact) mass is 297 g/mol. The van der Waals surface area contributed by atoms with E-state index >= 15 is 0 Å². The molecule has 0 fully saturated rings. The van der Waals surface area contributed by atoms with E-state index in [9.17, 15) is 9.59 Å². The molecule has 4 heteroatoms. The average Bonchev–Trinajstić information content (AvgIpc) is 2.49. The predicted molar refractivity (Wildman–Crippen MR) is 86.5 cm³/mol. The van der Waals surface area contributed by atoms with Gasteiger partial charge < -0.3 is 10.1 Å². The first-order valence-corrected chi connectivity index (χ1v) is 7.07. The predicted octanol–water partition coefficient (Wildman–Crippen LogP) is 3.52. The number of Topliss-reactive ketones (excluding diaryl/α,β-unsaturated/α-hetero) is 1. The van der Waals surface area contributed by atoms with E-state index in [0.29, 0.717) is 17.0 Å². The normalized spacial score (nSPS) is 10.1. The molecule has 2 rings (SSSR count). The van der Waals surface area contributed by atoms with Gasteiger partial charge >= 0.3 is 0 Å². The van der Waals surface area contributed by atoms with Crippen LogP contribution >= 0.6 is 0 Å². The van der Waals surface area contributed by atoms with Crippen LogP contribution in [0.25, 0.3) is 0 Å².